The zero-order valence-electron chi connectivity index (χ0n) is 11.6. The topological polar surface area (TPSA) is 48.1 Å². The Morgan fingerprint density at radius 1 is 1.26 bits per heavy atom. The number of epoxide rings is 1. The molecule has 2 rings (SSSR count). The van der Waals surface area contributed by atoms with Gasteiger partial charge in [-0.2, -0.15) is 0 Å². The summed E-state index contributed by atoms with van der Waals surface area (Å²) in [5.74, 6) is -0.307. The van der Waals surface area contributed by atoms with Crippen LogP contribution in [-0.4, -0.2) is 31.9 Å². The Morgan fingerprint density at radius 3 is 2.47 bits per heavy atom. The lowest BCUT2D eigenvalue weighted by Crippen LogP contribution is -2.36. The van der Waals surface area contributed by atoms with E-state index in [0.717, 1.165) is 5.56 Å². The van der Waals surface area contributed by atoms with Gasteiger partial charge >= 0.3 is 5.97 Å². The first-order valence-corrected chi connectivity index (χ1v) is 6.58. The summed E-state index contributed by atoms with van der Waals surface area (Å²) in [6.45, 7) is 4.41. The number of benzene rings is 1. The SMILES string of the molecule is CCOC(=O)C1(CC)OC1(COC)c1ccccc1. The number of hydrogen-bond acceptors (Lipinski definition) is 4. The number of methoxy groups -OCH3 is 1. The summed E-state index contributed by atoms with van der Waals surface area (Å²) < 4.78 is 16.3. The molecule has 0 radical (unpaired) electrons. The van der Waals surface area contributed by atoms with Crippen molar-refractivity contribution in [3.8, 4) is 0 Å². The lowest BCUT2D eigenvalue weighted by molar-refractivity contribution is -0.149. The fraction of sp³-hybridized carbons (Fsp3) is 0.533. The number of rotatable bonds is 6. The fourth-order valence-corrected chi connectivity index (χ4v) is 2.66. The van der Waals surface area contributed by atoms with Gasteiger partial charge in [0.2, 0.25) is 5.60 Å². The van der Waals surface area contributed by atoms with E-state index in [9.17, 15) is 4.79 Å². The van der Waals surface area contributed by atoms with Crippen molar-refractivity contribution in [3.05, 3.63) is 35.9 Å². The molecule has 104 valence electrons. The zero-order chi connectivity index (χ0) is 13.9. The molecule has 2 atom stereocenters. The Kier molecular flexibility index (Phi) is 3.92. The average molecular weight is 264 g/mol. The first kappa shape index (κ1) is 14.0. The van der Waals surface area contributed by atoms with Gasteiger partial charge in [0.05, 0.1) is 13.2 Å². The van der Waals surface area contributed by atoms with Crippen molar-refractivity contribution in [2.24, 2.45) is 0 Å². The molecule has 19 heavy (non-hydrogen) atoms. The Morgan fingerprint density at radius 2 is 1.95 bits per heavy atom. The lowest BCUT2D eigenvalue weighted by Gasteiger charge is -2.17. The predicted octanol–water partition coefficient (Wildman–Crippen LogP) is 2.27. The van der Waals surface area contributed by atoms with Gasteiger partial charge in [-0.3, -0.25) is 0 Å². The van der Waals surface area contributed by atoms with Crippen molar-refractivity contribution >= 4 is 5.97 Å². The molecule has 0 amide bonds. The molecule has 1 aromatic carbocycles. The highest BCUT2D eigenvalue weighted by molar-refractivity contribution is 5.85. The van der Waals surface area contributed by atoms with Crippen LogP contribution in [0, 0.1) is 0 Å². The zero-order valence-corrected chi connectivity index (χ0v) is 11.6. The molecule has 1 aliphatic rings. The van der Waals surface area contributed by atoms with Gasteiger partial charge < -0.3 is 14.2 Å². The van der Waals surface area contributed by atoms with Gasteiger partial charge in [-0.1, -0.05) is 37.3 Å². The summed E-state index contributed by atoms with van der Waals surface area (Å²) in [5, 5.41) is 0. The van der Waals surface area contributed by atoms with E-state index >= 15 is 0 Å². The van der Waals surface area contributed by atoms with Crippen LogP contribution >= 0.6 is 0 Å². The Balaban J connectivity index is 2.36. The van der Waals surface area contributed by atoms with E-state index in [4.69, 9.17) is 14.2 Å². The second-order valence-electron chi connectivity index (χ2n) is 4.63. The standard InChI is InChI=1S/C15H20O4/c1-4-14(13(16)18-5-2)15(19-14,11-17-3)12-9-7-6-8-10-12/h6-10H,4-5,11H2,1-3H3. The number of esters is 1. The number of carbonyl (C=O) groups is 1. The molecule has 1 heterocycles. The van der Waals surface area contributed by atoms with E-state index in [1.54, 1.807) is 14.0 Å². The first-order chi connectivity index (χ1) is 9.16. The summed E-state index contributed by atoms with van der Waals surface area (Å²) >= 11 is 0. The van der Waals surface area contributed by atoms with E-state index in [1.807, 2.05) is 37.3 Å². The normalized spacial score (nSPS) is 29.0. The third-order valence-electron chi connectivity index (χ3n) is 3.65. The highest BCUT2D eigenvalue weighted by atomic mass is 16.7. The molecule has 1 aromatic rings. The molecule has 0 bridgehead atoms. The minimum atomic E-state index is -0.916. The van der Waals surface area contributed by atoms with Crippen LogP contribution in [-0.2, 0) is 24.6 Å². The molecule has 2 unspecified atom stereocenters. The minimum absolute atomic E-state index is 0.307. The van der Waals surface area contributed by atoms with Crippen LogP contribution in [0.25, 0.3) is 0 Å². The maximum atomic E-state index is 12.2. The van der Waals surface area contributed by atoms with Gasteiger partial charge in [0, 0.05) is 7.11 Å². The molecule has 4 nitrogen and oxygen atoms in total. The molecule has 0 aromatic heterocycles. The molecule has 0 saturated carbocycles. The number of carbonyl (C=O) groups excluding carboxylic acids is 1. The molecule has 1 fully saturated rings. The summed E-state index contributed by atoms with van der Waals surface area (Å²) in [7, 11) is 1.61. The monoisotopic (exact) mass is 264 g/mol. The number of ether oxygens (including phenoxy) is 3. The van der Waals surface area contributed by atoms with Crippen molar-refractivity contribution in [2.75, 3.05) is 20.3 Å². The molecule has 1 aliphatic heterocycles. The quantitative estimate of drug-likeness (QED) is 0.584. The molecule has 0 aliphatic carbocycles. The van der Waals surface area contributed by atoms with Crippen LogP contribution in [0.1, 0.15) is 25.8 Å². The van der Waals surface area contributed by atoms with Crippen LogP contribution in [0.4, 0.5) is 0 Å². The molecule has 0 N–H and O–H groups in total. The third-order valence-corrected chi connectivity index (χ3v) is 3.65. The number of hydrogen-bond donors (Lipinski definition) is 0. The van der Waals surface area contributed by atoms with E-state index in [1.165, 1.54) is 0 Å². The minimum Gasteiger partial charge on any atom is -0.464 e. The van der Waals surface area contributed by atoms with Crippen LogP contribution < -0.4 is 0 Å². The van der Waals surface area contributed by atoms with E-state index < -0.39 is 11.2 Å². The van der Waals surface area contributed by atoms with Crippen molar-refractivity contribution < 1.29 is 19.0 Å². The van der Waals surface area contributed by atoms with Gasteiger partial charge in [0.15, 0.2) is 5.60 Å². The van der Waals surface area contributed by atoms with Gasteiger partial charge in [-0.05, 0) is 18.9 Å². The van der Waals surface area contributed by atoms with Crippen LogP contribution in [0.2, 0.25) is 0 Å². The van der Waals surface area contributed by atoms with Gasteiger partial charge in [-0.25, -0.2) is 4.79 Å². The Hall–Kier alpha value is -1.39. The smallest absolute Gasteiger partial charge is 0.341 e. The third kappa shape index (κ3) is 2.05. The summed E-state index contributed by atoms with van der Waals surface area (Å²) in [6, 6.07) is 9.70. The summed E-state index contributed by atoms with van der Waals surface area (Å²) in [5.41, 5.74) is -0.684. The van der Waals surface area contributed by atoms with Crippen LogP contribution in [0.5, 0.6) is 0 Å². The first-order valence-electron chi connectivity index (χ1n) is 6.58. The van der Waals surface area contributed by atoms with E-state index in [2.05, 4.69) is 0 Å². The molecular formula is C15H20O4. The summed E-state index contributed by atoms with van der Waals surface area (Å²) in [4.78, 5) is 12.2. The van der Waals surface area contributed by atoms with E-state index in [-0.39, 0.29) is 5.97 Å². The molecule has 4 heteroatoms. The van der Waals surface area contributed by atoms with Crippen molar-refractivity contribution in [3.63, 3.8) is 0 Å². The highest BCUT2D eigenvalue weighted by Gasteiger charge is 2.75. The second kappa shape index (κ2) is 5.31. The van der Waals surface area contributed by atoms with Crippen LogP contribution in [0.3, 0.4) is 0 Å². The maximum absolute atomic E-state index is 12.2. The largest absolute Gasteiger partial charge is 0.464 e. The molecule has 0 spiro atoms. The maximum Gasteiger partial charge on any atom is 0.341 e. The van der Waals surface area contributed by atoms with Gasteiger partial charge in [0.1, 0.15) is 0 Å². The Labute approximate surface area is 113 Å². The van der Waals surface area contributed by atoms with E-state index in [0.29, 0.717) is 19.6 Å². The van der Waals surface area contributed by atoms with Gasteiger partial charge in [-0.15, -0.1) is 0 Å². The average Bonchev–Trinajstić information content (AvgIpc) is 3.11. The molecular weight excluding hydrogens is 244 g/mol. The van der Waals surface area contributed by atoms with Crippen molar-refractivity contribution in [2.45, 2.75) is 31.5 Å². The summed E-state index contributed by atoms with van der Waals surface area (Å²) in [6.07, 6.45) is 0.560. The lowest BCUT2D eigenvalue weighted by atomic mass is 9.85. The Bertz CT molecular complexity index is 445. The second-order valence-corrected chi connectivity index (χ2v) is 4.63. The predicted molar refractivity (Wildman–Crippen MR) is 70.7 cm³/mol. The van der Waals surface area contributed by atoms with Crippen molar-refractivity contribution in [1.82, 2.24) is 0 Å². The highest BCUT2D eigenvalue weighted by Crippen LogP contribution is 2.58. The fourth-order valence-electron chi connectivity index (χ4n) is 2.66. The van der Waals surface area contributed by atoms with Gasteiger partial charge in [0.25, 0.3) is 0 Å². The van der Waals surface area contributed by atoms with Crippen molar-refractivity contribution in [1.29, 1.82) is 0 Å². The molecule has 1 saturated heterocycles. The van der Waals surface area contributed by atoms with Crippen LogP contribution in [0.15, 0.2) is 30.3 Å².